The van der Waals surface area contributed by atoms with Gasteiger partial charge in [-0.05, 0) is 49.6 Å². The predicted octanol–water partition coefficient (Wildman–Crippen LogP) is 9.77. The zero-order chi connectivity index (χ0) is 45.3. The lowest BCUT2D eigenvalue weighted by molar-refractivity contribution is -0.116. The zero-order valence-corrected chi connectivity index (χ0v) is 38.2. The minimum atomic E-state index is -0.193. The maximum absolute atomic E-state index is 12.3. The topological polar surface area (TPSA) is 197 Å². The molecule has 16 heteroatoms. The molecule has 0 saturated carbocycles. The number of nitrogens with zero attached hydrogens (tertiary/aromatic N) is 6. The van der Waals surface area contributed by atoms with E-state index in [1.807, 2.05) is 116 Å². The summed E-state index contributed by atoms with van der Waals surface area (Å²) in [5.41, 5.74) is 4.59. The molecule has 8 rings (SSSR count). The van der Waals surface area contributed by atoms with E-state index in [-0.39, 0.29) is 23.3 Å². The Labute approximate surface area is 371 Å². The Balaban J connectivity index is 0.000000285. The molecular weight excluding hydrogens is 821 g/mol. The standard InChI is InChI=1S/C19H17N5O2S.C19H15N5O2S.4C2H6/c2*25-16-8-6-13-14(21-11-22-18(13)24-16)7-9-17-20-10-15(27-17)19(26)23-12-4-2-1-3-5-12;4*1-2/h1-5,10-11H,6-9H2,(H,23,26)(H,21,22,24,25);1-6,8,10-11H,7,9H2,(H,23,26)(H,21,22,24,25);4*1-2H3. The third kappa shape index (κ3) is 14.9. The Bertz CT molecular complexity index is 2490. The first-order valence-corrected chi connectivity index (χ1v) is 22.6. The number of carbonyl (C=O) groups is 3. The first-order chi connectivity index (χ1) is 30.4. The Hall–Kier alpha value is -6.52. The lowest BCUT2D eigenvalue weighted by Crippen LogP contribution is -2.22. The Morgan fingerprint density at radius 2 is 1.08 bits per heavy atom. The molecule has 5 aromatic heterocycles. The third-order valence-corrected chi connectivity index (χ3v) is 10.4. The van der Waals surface area contributed by atoms with E-state index >= 15 is 0 Å². The van der Waals surface area contributed by atoms with Gasteiger partial charge in [-0.2, -0.15) is 0 Å². The second kappa shape index (κ2) is 27.3. The SMILES string of the molecule is CC.CC.CC.CC.O=C(Nc1ccccc1)c1cnc(CCc2ncnc3[nH]c(=O)ccc23)s1.O=C1CCc2c(CCc3ncc(C(=O)Nc4ccccc4)s3)ncnc2N1. The molecule has 1 aliphatic rings. The van der Waals surface area contributed by atoms with Crippen molar-refractivity contribution in [1.29, 1.82) is 0 Å². The van der Waals surface area contributed by atoms with E-state index in [4.69, 9.17) is 0 Å². The van der Waals surface area contributed by atoms with Gasteiger partial charge >= 0.3 is 0 Å². The largest absolute Gasteiger partial charge is 0.321 e. The highest BCUT2D eigenvalue weighted by molar-refractivity contribution is 7.14. The number of hydrogen-bond donors (Lipinski definition) is 4. The Morgan fingerprint density at radius 1 is 0.581 bits per heavy atom. The van der Waals surface area contributed by atoms with Crippen molar-refractivity contribution in [2.45, 2.75) is 93.9 Å². The van der Waals surface area contributed by atoms with Crippen LogP contribution >= 0.6 is 22.7 Å². The summed E-state index contributed by atoms with van der Waals surface area (Å²) in [6.45, 7) is 16.0. The van der Waals surface area contributed by atoms with Crippen molar-refractivity contribution >= 4 is 68.6 Å². The maximum atomic E-state index is 12.3. The fourth-order valence-electron chi connectivity index (χ4n) is 5.63. The highest BCUT2D eigenvalue weighted by Crippen LogP contribution is 2.24. The number of carbonyl (C=O) groups excluding carboxylic acids is 3. The molecule has 0 radical (unpaired) electrons. The number of fused-ring (bicyclic) bond motifs is 2. The van der Waals surface area contributed by atoms with Crippen molar-refractivity contribution in [3.8, 4) is 0 Å². The summed E-state index contributed by atoms with van der Waals surface area (Å²) in [7, 11) is 0. The van der Waals surface area contributed by atoms with Crippen LogP contribution in [0.1, 0.15) is 108 Å². The van der Waals surface area contributed by atoms with Crippen molar-refractivity contribution in [2.24, 2.45) is 0 Å². The van der Waals surface area contributed by atoms with Crippen molar-refractivity contribution in [2.75, 3.05) is 16.0 Å². The number of nitrogens with one attached hydrogen (secondary N) is 4. The molecule has 62 heavy (non-hydrogen) atoms. The number of thiazole rings is 2. The molecule has 0 spiro atoms. The van der Waals surface area contributed by atoms with Crippen LogP contribution in [-0.2, 0) is 36.9 Å². The smallest absolute Gasteiger partial charge is 0.267 e. The van der Waals surface area contributed by atoms with Crippen molar-refractivity contribution in [1.82, 2.24) is 34.9 Å². The van der Waals surface area contributed by atoms with Crippen LogP contribution < -0.4 is 21.5 Å². The first-order valence-electron chi connectivity index (χ1n) is 21.0. The number of para-hydroxylation sites is 2. The van der Waals surface area contributed by atoms with E-state index in [2.05, 4.69) is 50.8 Å². The quantitative estimate of drug-likeness (QED) is 0.103. The van der Waals surface area contributed by atoms with Crippen molar-refractivity contribution < 1.29 is 14.4 Å². The number of H-pyrrole nitrogens is 1. The highest BCUT2D eigenvalue weighted by atomic mass is 32.1. The van der Waals surface area contributed by atoms with E-state index < -0.39 is 0 Å². The molecule has 4 N–H and O–H groups in total. The maximum Gasteiger partial charge on any atom is 0.267 e. The Morgan fingerprint density at radius 3 is 1.63 bits per heavy atom. The predicted molar refractivity (Wildman–Crippen MR) is 252 cm³/mol. The second-order valence-electron chi connectivity index (χ2n) is 12.0. The molecule has 3 amide bonds. The number of anilines is 3. The van der Waals surface area contributed by atoms with Gasteiger partial charge in [0.1, 0.15) is 33.9 Å². The van der Waals surface area contributed by atoms with Gasteiger partial charge in [0, 0.05) is 53.3 Å². The van der Waals surface area contributed by atoms with E-state index in [9.17, 15) is 19.2 Å². The average molecular weight is 877 g/mol. The summed E-state index contributed by atoms with van der Waals surface area (Å²) in [6, 6.07) is 21.8. The number of benzene rings is 2. The minimum Gasteiger partial charge on any atom is -0.321 e. The molecule has 326 valence electrons. The number of aromatic amines is 1. The van der Waals surface area contributed by atoms with Gasteiger partial charge in [0.15, 0.2) is 0 Å². The summed E-state index contributed by atoms with van der Waals surface area (Å²) in [6.07, 6.45) is 9.87. The van der Waals surface area contributed by atoms with Gasteiger partial charge < -0.3 is 20.9 Å². The fraction of sp³-hybridized carbons (Fsp3) is 0.304. The van der Waals surface area contributed by atoms with Crippen LogP contribution in [0.3, 0.4) is 0 Å². The number of pyridine rings is 1. The molecule has 6 heterocycles. The minimum absolute atomic E-state index is 0.0128. The molecule has 14 nitrogen and oxygen atoms in total. The first kappa shape index (κ1) is 49.8. The second-order valence-corrected chi connectivity index (χ2v) is 14.2. The van der Waals surface area contributed by atoms with Gasteiger partial charge in [-0.25, -0.2) is 29.9 Å². The van der Waals surface area contributed by atoms with Crippen LogP contribution in [-0.4, -0.2) is 52.6 Å². The molecule has 0 bridgehead atoms. The van der Waals surface area contributed by atoms with Crippen LogP contribution in [0, 0.1) is 0 Å². The van der Waals surface area contributed by atoms with E-state index in [0.717, 1.165) is 43.7 Å². The number of aromatic nitrogens is 7. The van der Waals surface area contributed by atoms with Gasteiger partial charge in [-0.3, -0.25) is 19.2 Å². The van der Waals surface area contributed by atoms with Crippen LogP contribution in [0.2, 0.25) is 0 Å². The van der Waals surface area contributed by atoms with Gasteiger partial charge in [0.25, 0.3) is 11.8 Å². The summed E-state index contributed by atoms with van der Waals surface area (Å²) >= 11 is 2.74. The number of amides is 3. The van der Waals surface area contributed by atoms with Crippen LogP contribution in [0.5, 0.6) is 0 Å². The van der Waals surface area contributed by atoms with E-state index in [0.29, 0.717) is 59.7 Å². The molecule has 1 aliphatic heterocycles. The number of hydrogen-bond acceptors (Lipinski definition) is 12. The summed E-state index contributed by atoms with van der Waals surface area (Å²) in [5.74, 6) is 0.265. The molecular formula is C46H56N10O4S2. The monoisotopic (exact) mass is 876 g/mol. The van der Waals surface area contributed by atoms with E-state index in [1.54, 1.807) is 18.5 Å². The zero-order valence-electron chi connectivity index (χ0n) is 36.6. The number of rotatable bonds is 10. The number of aryl methyl sites for hydroxylation is 4. The average Bonchev–Trinajstić information content (AvgIpc) is 4.02. The molecule has 0 fully saturated rings. The third-order valence-electron chi connectivity index (χ3n) is 8.27. The molecule has 7 aromatic rings. The van der Waals surface area contributed by atoms with Gasteiger partial charge in [-0.1, -0.05) is 91.8 Å². The lowest BCUT2D eigenvalue weighted by Gasteiger charge is -2.17. The van der Waals surface area contributed by atoms with Crippen LogP contribution in [0.15, 0.2) is 103 Å². The molecule has 0 atom stereocenters. The van der Waals surface area contributed by atoms with Gasteiger partial charge in [0.05, 0.1) is 28.1 Å². The summed E-state index contributed by atoms with van der Waals surface area (Å²) in [5, 5.41) is 11.0. The van der Waals surface area contributed by atoms with Gasteiger partial charge in [0.2, 0.25) is 11.5 Å². The molecule has 0 aliphatic carbocycles. The molecule has 0 unspecified atom stereocenters. The van der Waals surface area contributed by atoms with Gasteiger partial charge in [-0.15, -0.1) is 22.7 Å². The van der Waals surface area contributed by atoms with Crippen LogP contribution in [0.4, 0.5) is 17.2 Å². The molecule has 2 aromatic carbocycles. The summed E-state index contributed by atoms with van der Waals surface area (Å²) in [4.78, 5) is 77.0. The summed E-state index contributed by atoms with van der Waals surface area (Å²) < 4.78 is 0. The van der Waals surface area contributed by atoms with Crippen molar-refractivity contribution in [3.63, 3.8) is 0 Å². The van der Waals surface area contributed by atoms with Crippen molar-refractivity contribution in [3.05, 3.63) is 145 Å². The fourth-order valence-corrected chi connectivity index (χ4v) is 7.26. The normalized spacial score (nSPS) is 10.7. The molecule has 0 saturated heterocycles. The van der Waals surface area contributed by atoms with E-state index in [1.165, 1.54) is 41.4 Å². The lowest BCUT2D eigenvalue weighted by atomic mass is 10.0. The Kier molecular flexibility index (Phi) is 22.0. The van der Waals surface area contributed by atoms with Crippen LogP contribution in [0.25, 0.3) is 11.0 Å². The highest BCUT2D eigenvalue weighted by Gasteiger charge is 2.20.